The van der Waals surface area contributed by atoms with Crippen molar-refractivity contribution in [1.29, 1.82) is 0 Å². The fraction of sp³-hybridized carbons (Fsp3) is 0.300. The first-order valence-corrected chi connectivity index (χ1v) is 10.3. The third-order valence-corrected chi connectivity index (χ3v) is 5.86. The highest BCUT2D eigenvalue weighted by Gasteiger charge is 2.25. The minimum atomic E-state index is -0.540. The smallest absolute Gasteiger partial charge is 0.270 e. The van der Waals surface area contributed by atoms with Gasteiger partial charge in [-0.05, 0) is 44.3 Å². The molecule has 0 atom stereocenters. The topological polar surface area (TPSA) is 79.6 Å². The number of halogens is 1. The third kappa shape index (κ3) is 4.72. The van der Waals surface area contributed by atoms with Crippen molar-refractivity contribution in [1.82, 2.24) is 9.88 Å². The van der Waals surface area contributed by atoms with Gasteiger partial charge in [0.15, 0.2) is 5.13 Å². The molecule has 0 radical (unpaired) electrons. The van der Waals surface area contributed by atoms with E-state index in [0.29, 0.717) is 18.2 Å². The lowest BCUT2D eigenvalue weighted by Crippen LogP contribution is -2.37. The van der Waals surface area contributed by atoms with Gasteiger partial charge in [0.25, 0.3) is 11.6 Å². The lowest BCUT2D eigenvalue weighted by Gasteiger charge is -2.22. The second-order valence-electron chi connectivity index (χ2n) is 6.83. The Morgan fingerprint density at radius 3 is 2.62 bits per heavy atom. The molecule has 3 rings (SSSR count). The van der Waals surface area contributed by atoms with Gasteiger partial charge in [-0.15, -0.1) is 0 Å². The van der Waals surface area contributed by atoms with E-state index in [1.807, 2.05) is 31.1 Å². The molecule has 29 heavy (non-hydrogen) atoms. The number of nitro benzene ring substituents is 1. The van der Waals surface area contributed by atoms with Crippen molar-refractivity contribution >= 4 is 49.9 Å². The molecule has 0 saturated carbocycles. The maximum atomic E-state index is 13.3. The van der Waals surface area contributed by atoms with E-state index < -0.39 is 10.8 Å². The van der Waals surface area contributed by atoms with Crippen LogP contribution in [-0.4, -0.2) is 47.9 Å². The minimum absolute atomic E-state index is 0.0909. The Labute approximate surface area is 177 Å². The summed E-state index contributed by atoms with van der Waals surface area (Å²) >= 11 is 7.64. The molecule has 9 heteroatoms. The van der Waals surface area contributed by atoms with Crippen LogP contribution < -0.4 is 4.90 Å². The molecule has 0 aliphatic rings. The van der Waals surface area contributed by atoms with Crippen LogP contribution >= 0.6 is 22.9 Å². The molecule has 2 aromatic carbocycles. The zero-order chi connectivity index (χ0) is 21.1. The van der Waals surface area contributed by atoms with Crippen LogP contribution in [0.15, 0.2) is 36.4 Å². The van der Waals surface area contributed by atoms with Gasteiger partial charge in [0.1, 0.15) is 0 Å². The second kappa shape index (κ2) is 8.86. The van der Waals surface area contributed by atoms with Crippen LogP contribution in [0.25, 0.3) is 10.2 Å². The molecule has 7 nitrogen and oxygen atoms in total. The molecular weight excluding hydrogens is 412 g/mol. The lowest BCUT2D eigenvalue weighted by molar-refractivity contribution is -0.384. The lowest BCUT2D eigenvalue weighted by atomic mass is 10.1. The maximum absolute atomic E-state index is 13.3. The Kier molecular flexibility index (Phi) is 6.46. The number of nitrogens with zero attached hydrogens (tertiary/aromatic N) is 4. The van der Waals surface area contributed by atoms with Crippen molar-refractivity contribution < 1.29 is 9.72 Å². The van der Waals surface area contributed by atoms with E-state index in [1.54, 1.807) is 4.90 Å². The van der Waals surface area contributed by atoms with Crippen LogP contribution in [0.5, 0.6) is 0 Å². The second-order valence-corrected chi connectivity index (χ2v) is 8.25. The molecule has 1 aromatic heterocycles. The highest BCUT2D eigenvalue weighted by atomic mass is 35.5. The summed E-state index contributed by atoms with van der Waals surface area (Å²) in [6, 6.07) is 9.93. The van der Waals surface area contributed by atoms with E-state index in [4.69, 9.17) is 11.6 Å². The standard InChI is InChI=1S/C20H21ClN4O3S/c1-4-13-5-8-17-18(11-13)29-20(22-17)24(10-9-23(2)3)19(26)15-12-14(25(27)28)6-7-16(15)21/h5-8,11-12H,4,9-10H2,1-3H3. The number of amides is 1. The summed E-state index contributed by atoms with van der Waals surface area (Å²) < 4.78 is 0.993. The molecule has 0 spiro atoms. The average molecular weight is 433 g/mol. The summed E-state index contributed by atoms with van der Waals surface area (Å²) in [5, 5.41) is 11.9. The minimum Gasteiger partial charge on any atom is -0.308 e. The van der Waals surface area contributed by atoms with Gasteiger partial charge in [-0.2, -0.15) is 0 Å². The number of anilines is 1. The zero-order valence-corrected chi connectivity index (χ0v) is 18.0. The van der Waals surface area contributed by atoms with Crippen LogP contribution in [-0.2, 0) is 6.42 Å². The van der Waals surface area contributed by atoms with E-state index in [1.165, 1.54) is 35.1 Å². The van der Waals surface area contributed by atoms with Gasteiger partial charge < -0.3 is 4.90 Å². The molecule has 152 valence electrons. The molecule has 0 aliphatic heterocycles. The summed E-state index contributed by atoms with van der Waals surface area (Å²) in [5.41, 5.74) is 1.92. The van der Waals surface area contributed by atoms with Gasteiger partial charge >= 0.3 is 0 Å². The van der Waals surface area contributed by atoms with E-state index in [9.17, 15) is 14.9 Å². The van der Waals surface area contributed by atoms with Crippen molar-refractivity contribution in [2.75, 3.05) is 32.1 Å². The fourth-order valence-electron chi connectivity index (χ4n) is 2.81. The van der Waals surface area contributed by atoms with Gasteiger partial charge in [-0.1, -0.05) is 35.9 Å². The van der Waals surface area contributed by atoms with Crippen molar-refractivity contribution in [3.05, 3.63) is 62.7 Å². The Balaban J connectivity index is 2.04. The van der Waals surface area contributed by atoms with E-state index >= 15 is 0 Å². The van der Waals surface area contributed by atoms with Crippen molar-refractivity contribution in [2.24, 2.45) is 0 Å². The largest absolute Gasteiger partial charge is 0.308 e. The molecule has 3 aromatic rings. The van der Waals surface area contributed by atoms with Crippen LogP contribution in [0.1, 0.15) is 22.8 Å². The van der Waals surface area contributed by atoms with E-state index in [-0.39, 0.29) is 16.3 Å². The van der Waals surface area contributed by atoms with Gasteiger partial charge in [0, 0.05) is 25.2 Å². The number of aromatic nitrogens is 1. The molecule has 0 aliphatic carbocycles. The van der Waals surface area contributed by atoms with Gasteiger partial charge in [0.05, 0.1) is 25.7 Å². The molecule has 0 N–H and O–H groups in total. The number of fused-ring (bicyclic) bond motifs is 1. The molecule has 0 unspecified atom stereocenters. The Hall–Kier alpha value is -2.55. The molecule has 0 saturated heterocycles. The van der Waals surface area contributed by atoms with Crippen LogP contribution in [0, 0.1) is 10.1 Å². The summed E-state index contributed by atoms with van der Waals surface area (Å²) in [6.07, 6.45) is 0.912. The monoisotopic (exact) mass is 432 g/mol. The van der Waals surface area contributed by atoms with E-state index in [2.05, 4.69) is 18.0 Å². The van der Waals surface area contributed by atoms with Crippen LogP contribution in [0.2, 0.25) is 5.02 Å². The Morgan fingerprint density at radius 1 is 1.21 bits per heavy atom. The number of aryl methyl sites for hydroxylation is 1. The molecule has 0 fully saturated rings. The predicted octanol–water partition coefficient (Wildman–Crippen LogP) is 4.63. The SMILES string of the molecule is CCc1ccc2nc(N(CCN(C)C)C(=O)c3cc([N+](=O)[O-])ccc3Cl)sc2c1. The number of benzene rings is 2. The zero-order valence-electron chi connectivity index (χ0n) is 16.4. The fourth-order valence-corrected chi connectivity index (χ4v) is 4.06. The Morgan fingerprint density at radius 2 is 1.97 bits per heavy atom. The first kappa shape index (κ1) is 21.2. The first-order chi connectivity index (χ1) is 13.8. The quantitative estimate of drug-likeness (QED) is 0.401. The third-order valence-electron chi connectivity index (χ3n) is 4.49. The number of likely N-dealkylation sites (N-methyl/N-ethyl adjacent to an activating group) is 1. The van der Waals surface area contributed by atoms with Crippen molar-refractivity contribution in [3.63, 3.8) is 0 Å². The molecule has 1 heterocycles. The van der Waals surface area contributed by atoms with Crippen molar-refractivity contribution in [3.8, 4) is 0 Å². The number of thiazole rings is 1. The number of hydrogen-bond acceptors (Lipinski definition) is 6. The van der Waals surface area contributed by atoms with Crippen LogP contribution in [0.3, 0.4) is 0 Å². The number of carbonyl (C=O) groups excluding carboxylic acids is 1. The van der Waals surface area contributed by atoms with Gasteiger partial charge in [0.2, 0.25) is 0 Å². The maximum Gasteiger partial charge on any atom is 0.270 e. The normalized spacial score (nSPS) is 11.2. The van der Waals surface area contributed by atoms with Gasteiger partial charge in [-0.25, -0.2) is 4.98 Å². The number of rotatable bonds is 7. The summed E-state index contributed by atoms with van der Waals surface area (Å²) in [4.78, 5) is 32.0. The molecule has 0 bridgehead atoms. The first-order valence-electron chi connectivity index (χ1n) is 9.10. The Bertz CT molecular complexity index is 1070. The molecular formula is C20H21ClN4O3S. The number of non-ortho nitro benzene ring substituents is 1. The summed E-state index contributed by atoms with van der Waals surface area (Å²) in [7, 11) is 3.82. The van der Waals surface area contributed by atoms with Crippen molar-refractivity contribution in [2.45, 2.75) is 13.3 Å². The predicted molar refractivity (Wildman–Crippen MR) is 117 cm³/mol. The van der Waals surface area contributed by atoms with E-state index in [0.717, 1.165) is 16.6 Å². The van der Waals surface area contributed by atoms with Crippen LogP contribution in [0.4, 0.5) is 10.8 Å². The highest BCUT2D eigenvalue weighted by molar-refractivity contribution is 7.22. The van der Waals surface area contributed by atoms with Gasteiger partial charge in [-0.3, -0.25) is 19.8 Å². The summed E-state index contributed by atoms with van der Waals surface area (Å²) in [6.45, 7) is 3.07. The number of carbonyl (C=O) groups is 1. The number of nitro groups is 1. The highest BCUT2D eigenvalue weighted by Crippen LogP contribution is 2.32. The summed E-state index contributed by atoms with van der Waals surface area (Å²) in [5.74, 6) is -0.407. The molecule has 1 amide bonds. The average Bonchev–Trinajstić information content (AvgIpc) is 3.10. The number of hydrogen-bond donors (Lipinski definition) is 0.